The highest BCUT2D eigenvalue weighted by Crippen LogP contribution is 2.16. The van der Waals surface area contributed by atoms with E-state index in [1.807, 2.05) is 31.2 Å². The Morgan fingerprint density at radius 2 is 1.91 bits per heavy atom. The molecule has 5 heteroatoms. The summed E-state index contributed by atoms with van der Waals surface area (Å²) < 4.78 is 13.3. The van der Waals surface area contributed by atoms with Crippen molar-refractivity contribution in [3.63, 3.8) is 0 Å². The van der Waals surface area contributed by atoms with Gasteiger partial charge in [0.05, 0.1) is 0 Å². The first-order valence-corrected chi connectivity index (χ1v) is 7.82. The maximum absolute atomic E-state index is 13.3. The van der Waals surface area contributed by atoms with Gasteiger partial charge in [-0.05, 0) is 37.5 Å². The number of benzene rings is 1. The van der Waals surface area contributed by atoms with Crippen LogP contribution < -0.4 is 5.32 Å². The molecule has 0 amide bonds. The third-order valence-corrected chi connectivity index (χ3v) is 4.11. The van der Waals surface area contributed by atoms with E-state index in [0.29, 0.717) is 30.9 Å². The van der Waals surface area contributed by atoms with E-state index in [1.54, 1.807) is 13.0 Å². The molecule has 120 valence electrons. The molecule has 1 aromatic heterocycles. The fourth-order valence-electron chi connectivity index (χ4n) is 2.76. The predicted octanol–water partition coefficient (Wildman–Crippen LogP) is 2.37. The number of nitrogens with one attached hydrogen (secondary N) is 1. The molecule has 1 aromatic carbocycles. The van der Waals surface area contributed by atoms with Crippen LogP contribution in [0.15, 0.2) is 30.3 Å². The summed E-state index contributed by atoms with van der Waals surface area (Å²) in [5.74, 6) is 0.591. The van der Waals surface area contributed by atoms with Crippen molar-refractivity contribution in [1.29, 1.82) is 0 Å². The van der Waals surface area contributed by atoms with Crippen LogP contribution in [0.1, 0.15) is 33.1 Å². The SMILES string of the molecule is Cc1cc(C(=O)Cc2ccc(C[C@H]3NC[C@H]3F)cc2)nc(C)n1. The van der Waals surface area contributed by atoms with E-state index in [9.17, 15) is 9.18 Å². The first kappa shape index (κ1) is 15.7. The van der Waals surface area contributed by atoms with Crippen LogP contribution in [0.4, 0.5) is 4.39 Å². The lowest BCUT2D eigenvalue weighted by molar-refractivity contribution is 0.0987. The molecule has 0 unspecified atom stereocenters. The normalized spacial score (nSPS) is 20.1. The average Bonchev–Trinajstić information content (AvgIpc) is 2.51. The molecule has 1 N–H and O–H groups in total. The van der Waals surface area contributed by atoms with Crippen LogP contribution in [0, 0.1) is 13.8 Å². The van der Waals surface area contributed by atoms with Crippen LogP contribution in [0.25, 0.3) is 0 Å². The van der Waals surface area contributed by atoms with Gasteiger partial charge in [-0.3, -0.25) is 4.79 Å². The molecule has 3 rings (SSSR count). The summed E-state index contributed by atoms with van der Waals surface area (Å²) in [6.07, 6.45) is 0.240. The van der Waals surface area contributed by atoms with E-state index < -0.39 is 6.17 Å². The molecule has 0 radical (unpaired) electrons. The number of aromatic nitrogens is 2. The zero-order valence-electron chi connectivity index (χ0n) is 13.3. The molecule has 23 heavy (non-hydrogen) atoms. The average molecular weight is 313 g/mol. The van der Waals surface area contributed by atoms with Gasteiger partial charge in [0.15, 0.2) is 5.78 Å². The number of carbonyl (C=O) groups excluding carboxylic acids is 1. The fourth-order valence-corrected chi connectivity index (χ4v) is 2.76. The van der Waals surface area contributed by atoms with E-state index in [-0.39, 0.29) is 11.8 Å². The fraction of sp³-hybridized carbons (Fsp3) is 0.389. The number of nitrogens with zero attached hydrogens (tertiary/aromatic N) is 2. The molecule has 0 bridgehead atoms. The van der Waals surface area contributed by atoms with Crippen molar-refractivity contribution in [3.05, 3.63) is 58.7 Å². The Morgan fingerprint density at radius 3 is 2.48 bits per heavy atom. The Labute approximate surface area is 135 Å². The van der Waals surface area contributed by atoms with Gasteiger partial charge in [0, 0.05) is 24.7 Å². The zero-order chi connectivity index (χ0) is 16.4. The summed E-state index contributed by atoms with van der Waals surface area (Å²) in [6.45, 7) is 4.09. The highest BCUT2D eigenvalue weighted by molar-refractivity contribution is 5.95. The molecule has 1 saturated heterocycles. The van der Waals surface area contributed by atoms with E-state index in [2.05, 4.69) is 15.3 Å². The van der Waals surface area contributed by atoms with Crippen LogP contribution in [-0.2, 0) is 12.8 Å². The molecule has 0 saturated carbocycles. The summed E-state index contributed by atoms with van der Waals surface area (Å²) in [7, 11) is 0. The number of rotatable bonds is 5. The molecule has 1 aliphatic heterocycles. The number of halogens is 1. The first-order chi connectivity index (χ1) is 11.0. The first-order valence-electron chi connectivity index (χ1n) is 7.82. The minimum absolute atomic E-state index is 0.0177. The van der Waals surface area contributed by atoms with E-state index >= 15 is 0 Å². The van der Waals surface area contributed by atoms with E-state index in [0.717, 1.165) is 16.8 Å². The molecule has 1 aliphatic rings. The number of hydrogen-bond donors (Lipinski definition) is 1. The van der Waals surface area contributed by atoms with E-state index in [4.69, 9.17) is 0 Å². The van der Waals surface area contributed by atoms with Crippen LogP contribution >= 0.6 is 0 Å². The largest absolute Gasteiger partial charge is 0.308 e. The Balaban J connectivity index is 1.64. The van der Waals surface area contributed by atoms with Gasteiger partial charge in [-0.2, -0.15) is 0 Å². The van der Waals surface area contributed by atoms with Crippen LogP contribution in [0.2, 0.25) is 0 Å². The Bertz CT molecular complexity index is 694. The third-order valence-electron chi connectivity index (χ3n) is 4.11. The Hall–Kier alpha value is -2.14. The second kappa shape index (κ2) is 6.54. The number of Topliss-reactive ketones (excluding diaryl/α,β-unsaturated/α-hetero) is 1. The molecule has 1 fully saturated rings. The molecule has 2 heterocycles. The number of aryl methyl sites for hydroxylation is 2. The van der Waals surface area contributed by atoms with Crippen molar-refractivity contribution >= 4 is 5.78 Å². The number of hydrogen-bond acceptors (Lipinski definition) is 4. The monoisotopic (exact) mass is 313 g/mol. The lowest BCUT2D eigenvalue weighted by atomic mass is 9.95. The van der Waals surface area contributed by atoms with Crippen LogP contribution in [0.3, 0.4) is 0 Å². The summed E-state index contributed by atoms with van der Waals surface area (Å²) >= 11 is 0. The molecular formula is C18H20FN3O. The lowest BCUT2D eigenvalue weighted by Crippen LogP contribution is -2.55. The van der Waals surface area contributed by atoms with Gasteiger partial charge in [0.1, 0.15) is 17.7 Å². The molecule has 0 aliphatic carbocycles. The van der Waals surface area contributed by atoms with Gasteiger partial charge in [0.25, 0.3) is 0 Å². The Kier molecular flexibility index (Phi) is 4.48. The molecule has 0 spiro atoms. The lowest BCUT2D eigenvalue weighted by Gasteiger charge is -2.32. The second-order valence-corrected chi connectivity index (χ2v) is 6.09. The minimum Gasteiger partial charge on any atom is -0.308 e. The standard InChI is InChI=1S/C18H20FN3O/c1-11-7-17(22-12(2)21-11)18(23)9-14-5-3-13(4-6-14)8-16-15(19)10-20-16/h3-7,15-16,20H,8-10H2,1-2H3/t15-,16-/m1/s1. The van der Waals surface area contributed by atoms with Gasteiger partial charge in [-0.15, -0.1) is 0 Å². The maximum atomic E-state index is 13.3. The van der Waals surface area contributed by atoms with Crippen LogP contribution in [-0.4, -0.2) is 34.5 Å². The van der Waals surface area contributed by atoms with Gasteiger partial charge >= 0.3 is 0 Å². The van der Waals surface area contributed by atoms with Gasteiger partial charge in [-0.1, -0.05) is 24.3 Å². The highest BCUT2D eigenvalue weighted by atomic mass is 19.1. The molecule has 2 atom stereocenters. The predicted molar refractivity (Wildman–Crippen MR) is 86.4 cm³/mol. The molecule has 2 aromatic rings. The quantitative estimate of drug-likeness (QED) is 0.861. The van der Waals surface area contributed by atoms with Crippen molar-refractivity contribution in [2.24, 2.45) is 0 Å². The van der Waals surface area contributed by atoms with Crippen molar-refractivity contribution in [2.75, 3.05) is 6.54 Å². The number of alkyl halides is 1. The number of carbonyl (C=O) groups is 1. The highest BCUT2D eigenvalue weighted by Gasteiger charge is 2.29. The van der Waals surface area contributed by atoms with Crippen molar-refractivity contribution in [2.45, 2.75) is 38.9 Å². The molecule has 4 nitrogen and oxygen atoms in total. The van der Waals surface area contributed by atoms with Crippen LogP contribution in [0.5, 0.6) is 0 Å². The maximum Gasteiger partial charge on any atom is 0.185 e. The minimum atomic E-state index is -0.750. The third kappa shape index (κ3) is 3.79. The smallest absolute Gasteiger partial charge is 0.185 e. The second-order valence-electron chi connectivity index (χ2n) is 6.09. The topological polar surface area (TPSA) is 54.9 Å². The van der Waals surface area contributed by atoms with Crippen molar-refractivity contribution in [1.82, 2.24) is 15.3 Å². The summed E-state index contributed by atoms with van der Waals surface area (Å²) in [5.41, 5.74) is 3.27. The summed E-state index contributed by atoms with van der Waals surface area (Å²) in [5, 5.41) is 3.08. The van der Waals surface area contributed by atoms with E-state index in [1.165, 1.54) is 0 Å². The van der Waals surface area contributed by atoms with Crippen molar-refractivity contribution in [3.8, 4) is 0 Å². The zero-order valence-corrected chi connectivity index (χ0v) is 13.3. The van der Waals surface area contributed by atoms with Gasteiger partial charge in [-0.25, -0.2) is 14.4 Å². The summed E-state index contributed by atoms with van der Waals surface area (Å²) in [4.78, 5) is 20.7. The van der Waals surface area contributed by atoms with Gasteiger partial charge < -0.3 is 5.32 Å². The van der Waals surface area contributed by atoms with Gasteiger partial charge in [0.2, 0.25) is 0 Å². The Morgan fingerprint density at radius 1 is 1.22 bits per heavy atom. The molecular weight excluding hydrogens is 293 g/mol. The number of ketones is 1. The van der Waals surface area contributed by atoms with Crippen molar-refractivity contribution < 1.29 is 9.18 Å². The summed E-state index contributed by atoms with van der Waals surface area (Å²) in [6, 6.07) is 9.43.